The summed E-state index contributed by atoms with van der Waals surface area (Å²) in [7, 11) is 1.83. The molecule has 2 N–H and O–H groups in total. The number of hydrogen-bond donors (Lipinski definition) is 2. The molecule has 1 rings (SSSR count). The zero-order chi connectivity index (χ0) is 13.2. The Labute approximate surface area is 109 Å². The molecule has 0 aromatic heterocycles. The van der Waals surface area contributed by atoms with Crippen LogP contribution in [0.1, 0.15) is 19.8 Å². The van der Waals surface area contributed by atoms with Gasteiger partial charge in [-0.25, -0.2) is 0 Å². The first-order chi connectivity index (χ1) is 8.80. The number of ether oxygens (including phenoxy) is 2. The zero-order valence-electron chi connectivity index (χ0n) is 11.2. The third-order valence-electron chi connectivity index (χ3n) is 2.66. The maximum absolute atomic E-state index is 9.01. The molecule has 1 atom stereocenters. The Bertz CT molecular complexity index is 309. The lowest BCUT2D eigenvalue weighted by atomic mass is 10.2. The second-order valence-corrected chi connectivity index (χ2v) is 4.13. The first-order valence-electron chi connectivity index (χ1n) is 6.44. The Balaban J connectivity index is 2.30. The second-order valence-electron chi connectivity index (χ2n) is 4.13. The van der Waals surface area contributed by atoms with Crippen molar-refractivity contribution < 1.29 is 14.6 Å². The largest absolute Gasteiger partial charge is 0.494 e. The molecule has 4 heteroatoms. The SMILES string of the molecule is CCCOc1ccc(OCCC(CO)NC)cc1. The molecular weight excluding hydrogens is 230 g/mol. The van der Waals surface area contributed by atoms with E-state index < -0.39 is 0 Å². The molecule has 0 bridgehead atoms. The van der Waals surface area contributed by atoms with Crippen molar-refractivity contribution in [2.45, 2.75) is 25.8 Å². The topological polar surface area (TPSA) is 50.7 Å². The summed E-state index contributed by atoms with van der Waals surface area (Å²) in [6.45, 7) is 3.53. The lowest BCUT2D eigenvalue weighted by Crippen LogP contribution is -2.30. The Morgan fingerprint density at radius 2 is 1.67 bits per heavy atom. The summed E-state index contributed by atoms with van der Waals surface area (Å²) >= 11 is 0. The van der Waals surface area contributed by atoms with Crippen LogP contribution in [-0.2, 0) is 0 Å². The predicted molar refractivity (Wildman–Crippen MR) is 72.3 cm³/mol. The van der Waals surface area contributed by atoms with Crippen molar-refractivity contribution in [3.63, 3.8) is 0 Å². The van der Waals surface area contributed by atoms with Gasteiger partial charge >= 0.3 is 0 Å². The Morgan fingerprint density at radius 1 is 1.11 bits per heavy atom. The van der Waals surface area contributed by atoms with Crippen molar-refractivity contribution in [2.24, 2.45) is 0 Å². The molecule has 0 heterocycles. The highest BCUT2D eigenvalue weighted by Crippen LogP contribution is 2.17. The van der Waals surface area contributed by atoms with E-state index in [9.17, 15) is 0 Å². The van der Waals surface area contributed by atoms with Crippen LogP contribution in [0.5, 0.6) is 11.5 Å². The first kappa shape index (κ1) is 14.8. The lowest BCUT2D eigenvalue weighted by Gasteiger charge is -2.13. The van der Waals surface area contributed by atoms with Gasteiger partial charge in [-0.3, -0.25) is 0 Å². The number of aliphatic hydroxyl groups excluding tert-OH is 1. The molecule has 0 aliphatic carbocycles. The average Bonchev–Trinajstić information content (AvgIpc) is 2.42. The van der Waals surface area contributed by atoms with Crippen LogP contribution in [0.3, 0.4) is 0 Å². The molecule has 102 valence electrons. The fourth-order valence-electron chi connectivity index (χ4n) is 1.50. The van der Waals surface area contributed by atoms with Gasteiger partial charge in [0.15, 0.2) is 0 Å². The van der Waals surface area contributed by atoms with Gasteiger partial charge in [-0.15, -0.1) is 0 Å². The maximum Gasteiger partial charge on any atom is 0.119 e. The Kier molecular flexibility index (Phi) is 7.22. The monoisotopic (exact) mass is 253 g/mol. The first-order valence-corrected chi connectivity index (χ1v) is 6.44. The van der Waals surface area contributed by atoms with E-state index in [1.807, 2.05) is 31.3 Å². The van der Waals surface area contributed by atoms with Crippen LogP contribution in [0.25, 0.3) is 0 Å². The fourth-order valence-corrected chi connectivity index (χ4v) is 1.50. The van der Waals surface area contributed by atoms with Gasteiger partial charge in [0, 0.05) is 6.04 Å². The van der Waals surface area contributed by atoms with Crippen molar-refractivity contribution in [2.75, 3.05) is 26.9 Å². The van der Waals surface area contributed by atoms with E-state index in [4.69, 9.17) is 14.6 Å². The standard InChI is InChI=1S/C14H23NO3/c1-3-9-17-13-4-6-14(7-5-13)18-10-8-12(11-16)15-2/h4-7,12,15-16H,3,8-11H2,1-2H3. The molecule has 1 aromatic carbocycles. The van der Waals surface area contributed by atoms with Gasteiger partial charge in [0.2, 0.25) is 0 Å². The van der Waals surface area contributed by atoms with Gasteiger partial charge in [0.1, 0.15) is 11.5 Å². The van der Waals surface area contributed by atoms with Gasteiger partial charge in [-0.05, 0) is 44.2 Å². The highest BCUT2D eigenvalue weighted by molar-refractivity contribution is 5.31. The lowest BCUT2D eigenvalue weighted by molar-refractivity contribution is 0.214. The molecule has 4 nitrogen and oxygen atoms in total. The summed E-state index contributed by atoms with van der Waals surface area (Å²) in [5.74, 6) is 1.69. The molecule has 0 saturated carbocycles. The molecule has 0 aliphatic rings. The predicted octanol–water partition coefficient (Wildman–Crippen LogP) is 1.82. The molecular formula is C14H23NO3. The maximum atomic E-state index is 9.01. The smallest absolute Gasteiger partial charge is 0.119 e. The Morgan fingerprint density at radius 3 is 2.11 bits per heavy atom. The van der Waals surface area contributed by atoms with Crippen LogP contribution in [0.15, 0.2) is 24.3 Å². The number of nitrogens with one attached hydrogen (secondary N) is 1. The van der Waals surface area contributed by atoms with E-state index in [0.717, 1.165) is 30.9 Å². The van der Waals surface area contributed by atoms with E-state index in [-0.39, 0.29) is 12.6 Å². The third kappa shape index (κ3) is 5.38. The van der Waals surface area contributed by atoms with E-state index >= 15 is 0 Å². The number of benzene rings is 1. The minimum absolute atomic E-state index is 0.0946. The van der Waals surface area contributed by atoms with E-state index in [0.29, 0.717) is 6.61 Å². The normalized spacial score (nSPS) is 12.2. The van der Waals surface area contributed by atoms with Crippen molar-refractivity contribution in [3.05, 3.63) is 24.3 Å². The molecule has 0 radical (unpaired) electrons. The van der Waals surface area contributed by atoms with Gasteiger partial charge in [0.05, 0.1) is 19.8 Å². The van der Waals surface area contributed by atoms with E-state index in [1.165, 1.54) is 0 Å². The molecule has 1 unspecified atom stereocenters. The molecule has 0 saturated heterocycles. The zero-order valence-corrected chi connectivity index (χ0v) is 11.2. The average molecular weight is 253 g/mol. The van der Waals surface area contributed by atoms with Crippen LogP contribution < -0.4 is 14.8 Å². The van der Waals surface area contributed by atoms with Gasteiger partial charge in [-0.2, -0.15) is 0 Å². The summed E-state index contributed by atoms with van der Waals surface area (Å²) < 4.78 is 11.1. The van der Waals surface area contributed by atoms with E-state index in [1.54, 1.807) is 0 Å². The second kappa shape index (κ2) is 8.78. The number of likely N-dealkylation sites (N-methyl/N-ethyl adjacent to an activating group) is 1. The fraction of sp³-hybridized carbons (Fsp3) is 0.571. The minimum Gasteiger partial charge on any atom is -0.494 e. The Hall–Kier alpha value is -1.26. The van der Waals surface area contributed by atoms with Crippen molar-refractivity contribution in [1.29, 1.82) is 0 Å². The van der Waals surface area contributed by atoms with Crippen LogP contribution in [-0.4, -0.2) is 38.0 Å². The molecule has 0 spiro atoms. The number of aliphatic hydroxyl groups is 1. The van der Waals surface area contributed by atoms with Gasteiger partial charge < -0.3 is 19.9 Å². The van der Waals surface area contributed by atoms with Crippen molar-refractivity contribution in [1.82, 2.24) is 5.32 Å². The summed E-state index contributed by atoms with van der Waals surface area (Å²) in [6, 6.07) is 7.72. The van der Waals surface area contributed by atoms with Crippen molar-refractivity contribution in [3.8, 4) is 11.5 Å². The highest BCUT2D eigenvalue weighted by atomic mass is 16.5. The quantitative estimate of drug-likeness (QED) is 0.705. The summed E-state index contributed by atoms with van der Waals surface area (Å²) in [4.78, 5) is 0. The number of rotatable bonds is 9. The van der Waals surface area contributed by atoms with Crippen molar-refractivity contribution >= 4 is 0 Å². The van der Waals surface area contributed by atoms with Crippen LogP contribution in [0, 0.1) is 0 Å². The summed E-state index contributed by atoms with van der Waals surface area (Å²) in [5, 5.41) is 12.0. The third-order valence-corrected chi connectivity index (χ3v) is 2.66. The highest BCUT2D eigenvalue weighted by Gasteiger charge is 2.04. The van der Waals surface area contributed by atoms with Gasteiger partial charge in [0.25, 0.3) is 0 Å². The molecule has 0 amide bonds. The van der Waals surface area contributed by atoms with Crippen LogP contribution >= 0.6 is 0 Å². The van der Waals surface area contributed by atoms with Crippen LogP contribution in [0.2, 0.25) is 0 Å². The molecule has 0 aliphatic heterocycles. The minimum atomic E-state index is 0.0946. The summed E-state index contributed by atoms with van der Waals surface area (Å²) in [5.41, 5.74) is 0. The molecule has 18 heavy (non-hydrogen) atoms. The molecule has 1 aromatic rings. The van der Waals surface area contributed by atoms with E-state index in [2.05, 4.69) is 12.2 Å². The van der Waals surface area contributed by atoms with Gasteiger partial charge in [-0.1, -0.05) is 6.92 Å². The van der Waals surface area contributed by atoms with Crippen LogP contribution in [0.4, 0.5) is 0 Å². The molecule has 0 fully saturated rings. The summed E-state index contributed by atoms with van der Waals surface area (Å²) in [6.07, 6.45) is 1.78. The number of hydrogen-bond acceptors (Lipinski definition) is 4.